The van der Waals surface area contributed by atoms with Crippen LogP contribution in [0.15, 0.2) is 61.5 Å². The zero-order chi connectivity index (χ0) is 19.8. The number of hydrogen-bond acceptors (Lipinski definition) is 6. The molecule has 150 valence electrons. The van der Waals surface area contributed by atoms with E-state index in [0.717, 1.165) is 48.6 Å². The number of anilines is 1. The smallest absolute Gasteiger partial charge is 0.174 e. The lowest BCUT2D eigenvalue weighted by Gasteiger charge is -2.42. The highest BCUT2D eigenvalue weighted by atomic mass is 15.5. The van der Waals surface area contributed by atoms with Crippen molar-refractivity contribution >= 4 is 11.4 Å². The van der Waals surface area contributed by atoms with Crippen molar-refractivity contribution in [3.8, 4) is 5.69 Å². The Hall–Kier alpha value is -3.10. The second-order valence-corrected chi connectivity index (χ2v) is 7.98. The number of fused-ring (bicyclic) bond motifs is 1. The van der Waals surface area contributed by atoms with Gasteiger partial charge in [-0.1, -0.05) is 0 Å². The molecule has 1 atom stereocenters. The third kappa shape index (κ3) is 3.41. The Bertz CT molecular complexity index is 996. The van der Waals surface area contributed by atoms with Crippen LogP contribution in [0.2, 0.25) is 0 Å². The van der Waals surface area contributed by atoms with Gasteiger partial charge < -0.3 is 26.8 Å². The van der Waals surface area contributed by atoms with Crippen LogP contribution >= 0.6 is 0 Å². The normalized spacial score (nSPS) is 26.3. The van der Waals surface area contributed by atoms with Crippen LogP contribution in [-0.4, -0.2) is 30.9 Å². The average Bonchev–Trinajstić information content (AvgIpc) is 3.41. The van der Waals surface area contributed by atoms with Gasteiger partial charge in [0.15, 0.2) is 5.82 Å². The van der Waals surface area contributed by atoms with Crippen molar-refractivity contribution in [2.75, 3.05) is 10.7 Å². The van der Waals surface area contributed by atoms with Gasteiger partial charge in [0, 0.05) is 48.1 Å². The molecule has 5 rings (SSSR count). The van der Waals surface area contributed by atoms with Crippen molar-refractivity contribution in [2.24, 2.45) is 17.4 Å². The molecular formula is C21H26N8. The highest BCUT2D eigenvalue weighted by Gasteiger charge is 2.39. The van der Waals surface area contributed by atoms with Crippen LogP contribution in [0.4, 0.5) is 5.69 Å². The Kier molecular flexibility index (Phi) is 4.37. The number of aromatic nitrogens is 4. The predicted octanol–water partition coefficient (Wildman–Crippen LogP) is 2.25. The molecule has 0 spiro atoms. The molecule has 6 N–H and O–H groups in total. The van der Waals surface area contributed by atoms with Crippen LogP contribution in [0, 0.1) is 5.92 Å². The summed E-state index contributed by atoms with van der Waals surface area (Å²) in [5.74, 6) is 1.13. The zero-order valence-electron chi connectivity index (χ0n) is 16.2. The molecule has 0 saturated heterocycles. The molecule has 0 bridgehead atoms. The maximum atomic E-state index is 6.86. The fraction of sp³-hybridized carbons (Fsp3) is 0.333. The van der Waals surface area contributed by atoms with E-state index < -0.39 is 5.66 Å². The molecule has 8 heteroatoms. The van der Waals surface area contributed by atoms with Crippen LogP contribution in [0.25, 0.3) is 11.4 Å². The van der Waals surface area contributed by atoms with Crippen LogP contribution in [0.3, 0.4) is 0 Å². The van der Waals surface area contributed by atoms with E-state index in [2.05, 4.69) is 38.9 Å². The summed E-state index contributed by atoms with van der Waals surface area (Å²) in [5.41, 5.74) is 18.7. The number of nitrogens with one attached hydrogen (secondary N) is 2. The van der Waals surface area contributed by atoms with Gasteiger partial charge in [-0.3, -0.25) is 0 Å². The largest absolute Gasteiger partial charge is 0.353 e. The number of benzene rings is 1. The minimum atomic E-state index is -0.646. The first-order valence-electron chi connectivity index (χ1n) is 10.1. The van der Waals surface area contributed by atoms with Crippen LogP contribution < -0.4 is 22.2 Å². The number of nitrogens with zero attached hydrogens (tertiary/aromatic N) is 4. The number of imidazole rings is 2. The molecule has 2 aromatic heterocycles. The van der Waals surface area contributed by atoms with Crippen molar-refractivity contribution in [3.05, 3.63) is 67.3 Å². The van der Waals surface area contributed by atoms with Crippen LogP contribution in [0.1, 0.15) is 31.5 Å². The summed E-state index contributed by atoms with van der Waals surface area (Å²) in [7, 11) is 0. The summed E-state index contributed by atoms with van der Waals surface area (Å²) < 4.78 is 3.88. The molecule has 1 saturated carbocycles. The van der Waals surface area contributed by atoms with E-state index in [1.54, 1.807) is 18.7 Å². The minimum Gasteiger partial charge on any atom is -0.353 e. The monoisotopic (exact) mass is 390 g/mol. The summed E-state index contributed by atoms with van der Waals surface area (Å²) >= 11 is 0. The van der Waals surface area contributed by atoms with Crippen molar-refractivity contribution in [3.63, 3.8) is 0 Å². The van der Waals surface area contributed by atoms with Crippen molar-refractivity contribution in [2.45, 2.75) is 37.4 Å². The van der Waals surface area contributed by atoms with E-state index in [9.17, 15) is 0 Å². The van der Waals surface area contributed by atoms with Crippen LogP contribution in [0.5, 0.6) is 0 Å². The van der Waals surface area contributed by atoms with Gasteiger partial charge in [0.25, 0.3) is 0 Å². The van der Waals surface area contributed by atoms with Gasteiger partial charge in [0.2, 0.25) is 0 Å². The molecule has 0 amide bonds. The molecule has 1 aliphatic heterocycles. The molecule has 3 aromatic rings. The third-order valence-electron chi connectivity index (χ3n) is 5.98. The molecule has 1 unspecified atom stereocenters. The maximum absolute atomic E-state index is 6.86. The summed E-state index contributed by atoms with van der Waals surface area (Å²) in [6.07, 6.45) is 15.3. The lowest BCUT2D eigenvalue weighted by atomic mass is 9.78. The lowest BCUT2D eigenvalue weighted by molar-refractivity contribution is 0.239. The zero-order valence-corrected chi connectivity index (χ0v) is 16.2. The van der Waals surface area contributed by atoms with E-state index in [1.807, 2.05) is 33.8 Å². The molecule has 2 aliphatic rings. The second-order valence-electron chi connectivity index (χ2n) is 7.98. The van der Waals surface area contributed by atoms with Crippen molar-refractivity contribution in [1.29, 1.82) is 0 Å². The summed E-state index contributed by atoms with van der Waals surface area (Å²) in [6.45, 7) is 0. The quantitative estimate of drug-likeness (QED) is 0.544. The van der Waals surface area contributed by atoms with E-state index in [1.165, 1.54) is 0 Å². The number of hydrogen-bond donors (Lipinski definition) is 4. The lowest BCUT2D eigenvalue weighted by Crippen LogP contribution is -2.58. The van der Waals surface area contributed by atoms with E-state index >= 15 is 0 Å². The van der Waals surface area contributed by atoms with Crippen molar-refractivity contribution < 1.29 is 0 Å². The third-order valence-corrected chi connectivity index (χ3v) is 5.98. The topological polar surface area (TPSA) is 112 Å². The Morgan fingerprint density at radius 2 is 1.86 bits per heavy atom. The second kappa shape index (κ2) is 7.06. The van der Waals surface area contributed by atoms with Gasteiger partial charge in [-0.05, 0) is 56.0 Å². The molecular weight excluding hydrogens is 364 g/mol. The molecule has 1 aromatic carbocycles. The summed E-state index contributed by atoms with van der Waals surface area (Å²) in [5, 5.41) is 3.51. The highest BCUT2D eigenvalue weighted by Crippen LogP contribution is 2.35. The molecule has 29 heavy (non-hydrogen) atoms. The first-order chi connectivity index (χ1) is 14.1. The molecule has 1 aliphatic carbocycles. The Balaban J connectivity index is 1.42. The minimum absolute atomic E-state index is 0.290. The van der Waals surface area contributed by atoms with Crippen LogP contribution in [-0.2, 0) is 0 Å². The Morgan fingerprint density at radius 1 is 1.07 bits per heavy atom. The summed E-state index contributed by atoms with van der Waals surface area (Å²) in [4.78, 5) is 8.59. The van der Waals surface area contributed by atoms with Crippen molar-refractivity contribution in [1.82, 2.24) is 19.2 Å². The highest BCUT2D eigenvalue weighted by molar-refractivity contribution is 5.76. The number of rotatable bonds is 4. The maximum Gasteiger partial charge on any atom is 0.174 e. The van der Waals surface area contributed by atoms with E-state index in [-0.39, 0.29) is 6.04 Å². The van der Waals surface area contributed by atoms with Gasteiger partial charge in [0.1, 0.15) is 5.66 Å². The first kappa shape index (κ1) is 18.0. The Labute approximate surface area is 169 Å². The summed E-state index contributed by atoms with van der Waals surface area (Å²) in [6, 6.07) is 8.48. The van der Waals surface area contributed by atoms with Gasteiger partial charge in [-0.15, -0.1) is 0 Å². The Morgan fingerprint density at radius 3 is 2.59 bits per heavy atom. The molecule has 0 radical (unpaired) electrons. The van der Waals surface area contributed by atoms with Gasteiger partial charge in [-0.25, -0.2) is 14.6 Å². The van der Waals surface area contributed by atoms with Gasteiger partial charge in [0.05, 0.1) is 12.0 Å². The average molecular weight is 390 g/mol. The van der Waals surface area contributed by atoms with Gasteiger partial charge >= 0.3 is 0 Å². The predicted molar refractivity (Wildman–Crippen MR) is 114 cm³/mol. The fourth-order valence-electron chi connectivity index (χ4n) is 4.32. The molecule has 3 heterocycles. The standard InChI is InChI=1S/C21H26N8/c22-16-3-1-15(2-4-16)21(23)13-19(20-25-10-12-29(20)27-21)26-17-5-7-18(8-6-17)28-11-9-24-14-28/h5-16,26-27H,1-4,22-23H2. The van der Waals surface area contributed by atoms with E-state index in [0.29, 0.717) is 5.92 Å². The number of nitrogens with two attached hydrogens (primary N) is 2. The SMILES string of the molecule is NC1CCC(C2(N)C=C(Nc3ccc(-n4ccnc4)cc3)c3nccn3N2)CC1. The first-order valence-corrected chi connectivity index (χ1v) is 10.1. The molecule has 8 nitrogen and oxygen atoms in total. The molecule has 1 fully saturated rings. The van der Waals surface area contributed by atoms with Gasteiger partial charge in [-0.2, -0.15) is 0 Å². The van der Waals surface area contributed by atoms with E-state index in [4.69, 9.17) is 11.5 Å². The fourth-order valence-corrected chi connectivity index (χ4v) is 4.32.